The number of aliphatic hydroxyl groups is 2. The van der Waals surface area contributed by atoms with Gasteiger partial charge in [0.1, 0.15) is 0 Å². The molecular formula is C30H62O3S2. The fraction of sp³-hybridized carbons (Fsp3) is 1.00. The van der Waals surface area contributed by atoms with Gasteiger partial charge in [0.25, 0.3) is 0 Å². The Labute approximate surface area is 230 Å². The molecule has 3 nitrogen and oxygen atoms in total. The molecule has 0 fully saturated rings. The molecule has 0 aliphatic rings. The lowest BCUT2D eigenvalue weighted by Gasteiger charge is -2.30. The standard InChI is InChI=1S/C30H62O3S2/c1-3-5-7-9-11-13-15-17-19-21-23-29(27(31)25-34)33-30(28(32)26-35)24-22-20-18-16-14-12-10-8-6-4-2/h27-32,34-35H,3-26H2,1-2H3. The monoisotopic (exact) mass is 534 g/mol. The first-order valence-corrected chi connectivity index (χ1v) is 16.6. The first-order valence-electron chi connectivity index (χ1n) is 15.3. The number of hydrogen-bond acceptors (Lipinski definition) is 5. The van der Waals surface area contributed by atoms with Crippen LogP contribution in [0.5, 0.6) is 0 Å². The normalized spacial score (nSPS) is 15.3. The molecule has 0 radical (unpaired) electrons. The summed E-state index contributed by atoms with van der Waals surface area (Å²) in [6.45, 7) is 4.53. The van der Waals surface area contributed by atoms with Crippen molar-refractivity contribution >= 4 is 25.3 Å². The zero-order valence-corrected chi connectivity index (χ0v) is 25.3. The summed E-state index contributed by atoms with van der Waals surface area (Å²) in [4.78, 5) is 0. The Morgan fingerprint density at radius 3 is 0.971 bits per heavy atom. The average molecular weight is 535 g/mol. The Morgan fingerprint density at radius 1 is 0.457 bits per heavy atom. The fourth-order valence-corrected chi connectivity index (χ4v) is 5.30. The van der Waals surface area contributed by atoms with Crippen LogP contribution in [0.4, 0.5) is 0 Å². The molecule has 35 heavy (non-hydrogen) atoms. The Hall–Kier alpha value is 0.580. The summed E-state index contributed by atoms with van der Waals surface area (Å²) in [7, 11) is 0. The second kappa shape index (κ2) is 27.6. The maximum atomic E-state index is 10.5. The SMILES string of the molecule is CCCCCCCCCCCCC(OC(CCCCCCCCCCCC)C(O)CS)C(O)CS. The van der Waals surface area contributed by atoms with Gasteiger partial charge in [-0.1, -0.05) is 142 Å². The van der Waals surface area contributed by atoms with Crippen LogP contribution in [0.3, 0.4) is 0 Å². The largest absolute Gasteiger partial charge is 0.390 e. The highest BCUT2D eigenvalue weighted by atomic mass is 32.1. The molecule has 5 heteroatoms. The zero-order valence-electron chi connectivity index (χ0n) is 23.5. The van der Waals surface area contributed by atoms with E-state index in [-0.39, 0.29) is 12.2 Å². The molecule has 0 heterocycles. The number of aliphatic hydroxyl groups excluding tert-OH is 2. The summed E-state index contributed by atoms with van der Waals surface area (Å²) in [5, 5.41) is 21.0. The fourth-order valence-electron chi connectivity index (χ4n) is 4.83. The third kappa shape index (κ3) is 22.3. The Morgan fingerprint density at radius 2 is 0.714 bits per heavy atom. The van der Waals surface area contributed by atoms with Crippen molar-refractivity contribution in [1.29, 1.82) is 0 Å². The van der Waals surface area contributed by atoms with E-state index >= 15 is 0 Å². The Balaban J connectivity index is 4.17. The summed E-state index contributed by atoms with van der Waals surface area (Å²) in [5.41, 5.74) is 0. The van der Waals surface area contributed by atoms with Crippen molar-refractivity contribution in [2.24, 2.45) is 0 Å². The second-order valence-corrected chi connectivity index (χ2v) is 11.4. The molecular weight excluding hydrogens is 472 g/mol. The highest BCUT2D eigenvalue weighted by Crippen LogP contribution is 2.21. The molecule has 0 aromatic heterocycles. The van der Waals surface area contributed by atoms with Crippen molar-refractivity contribution in [2.75, 3.05) is 11.5 Å². The number of unbranched alkanes of at least 4 members (excludes halogenated alkanes) is 18. The van der Waals surface area contributed by atoms with Gasteiger partial charge in [-0.15, -0.1) is 0 Å². The quantitative estimate of drug-likeness (QED) is 0.0598. The van der Waals surface area contributed by atoms with Crippen molar-refractivity contribution in [3.63, 3.8) is 0 Å². The molecule has 4 unspecified atom stereocenters. The Kier molecular flexibility index (Phi) is 28.1. The highest BCUT2D eigenvalue weighted by molar-refractivity contribution is 7.80. The van der Waals surface area contributed by atoms with Gasteiger partial charge < -0.3 is 14.9 Å². The van der Waals surface area contributed by atoms with Crippen molar-refractivity contribution < 1.29 is 14.9 Å². The van der Waals surface area contributed by atoms with Gasteiger partial charge in [-0.3, -0.25) is 0 Å². The molecule has 4 atom stereocenters. The van der Waals surface area contributed by atoms with Crippen LogP contribution in [0, 0.1) is 0 Å². The van der Waals surface area contributed by atoms with E-state index < -0.39 is 12.2 Å². The van der Waals surface area contributed by atoms with E-state index in [1.165, 1.54) is 116 Å². The second-order valence-electron chi connectivity index (χ2n) is 10.7. The van der Waals surface area contributed by atoms with Crippen molar-refractivity contribution in [2.45, 2.75) is 180 Å². The van der Waals surface area contributed by atoms with Crippen molar-refractivity contribution in [3.8, 4) is 0 Å². The number of hydrogen-bond donors (Lipinski definition) is 4. The number of ether oxygens (including phenoxy) is 1. The van der Waals surface area contributed by atoms with Gasteiger partial charge in [-0.2, -0.15) is 25.3 Å². The van der Waals surface area contributed by atoms with Crippen LogP contribution in [-0.4, -0.2) is 46.1 Å². The van der Waals surface area contributed by atoms with E-state index in [1.54, 1.807) is 0 Å². The summed E-state index contributed by atoms with van der Waals surface area (Å²) < 4.78 is 6.32. The van der Waals surface area contributed by atoms with Crippen LogP contribution in [0.25, 0.3) is 0 Å². The third-order valence-corrected chi connectivity index (χ3v) is 8.01. The van der Waals surface area contributed by atoms with Crippen molar-refractivity contribution in [1.82, 2.24) is 0 Å². The van der Waals surface area contributed by atoms with Crippen LogP contribution < -0.4 is 0 Å². The smallest absolute Gasteiger partial charge is 0.0889 e. The summed E-state index contributed by atoms with van der Waals surface area (Å²) in [6.07, 6.45) is 26.0. The number of rotatable bonds is 28. The Bertz CT molecular complexity index is 375. The summed E-state index contributed by atoms with van der Waals surface area (Å²) in [5.74, 6) is 0.786. The average Bonchev–Trinajstić information content (AvgIpc) is 2.88. The molecule has 0 aliphatic heterocycles. The van der Waals surface area contributed by atoms with Gasteiger partial charge in [0, 0.05) is 11.5 Å². The molecule has 0 aromatic carbocycles. The predicted octanol–water partition coefficient (Wildman–Crippen LogP) is 8.94. The highest BCUT2D eigenvalue weighted by Gasteiger charge is 2.26. The van der Waals surface area contributed by atoms with E-state index in [0.29, 0.717) is 11.5 Å². The number of thiol groups is 2. The van der Waals surface area contributed by atoms with Gasteiger partial charge in [0.2, 0.25) is 0 Å². The van der Waals surface area contributed by atoms with Crippen LogP contribution in [-0.2, 0) is 4.74 Å². The molecule has 0 saturated carbocycles. The van der Waals surface area contributed by atoms with E-state index in [9.17, 15) is 10.2 Å². The van der Waals surface area contributed by atoms with Crippen molar-refractivity contribution in [3.05, 3.63) is 0 Å². The maximum Gasteiger partial charge on any atom is 0.0889 e. The molecule has 0 spiro atoms. The molecule has 0 aromatic rings. The third-order valence-electron chi connectivity index (χ3n) is 7.27. The minimum Gasteiger partial charge on any atom is -0.390 e. The van der Waals surface area contributed by atoms with Gasteiger partial charge in [0.05, 0.1) is 24.4 Å². The van der Waals surface area contributed by atoms with Gasteiger partial charge >= 0.3 is 0 Å². The lowest BCUT2D eigenvalue weighted by atomic mass is 10.0. The van der Waals surface area contributed by atoms with E-state index in [2.05, 4.69) is 39.1 Å². The topological polar surface area (TPSA) is 49.7 Å². The van der Waals surface area contributed by atoms with Gasteiger partial charge in [-0.25, -0.2) is 0 Å². The predicted molar refractivity (Wildman–Crippen MR) is 161 cm³/mol. The zero-order chi connectivity index (χ0) is 26.0. The molecule has 0 saturated heterocycles. The lowest BCUT2D eigenvalue weighted by Crippen LogP contribution is -2.40. The molecule has 0 bridgehead atoms. The van der Waals surface area contributed by atoms with Crippen LogP contribution in [0.15, 0.2) is 0 Å². The lowest BCUT2D eigenvalue weighted by molar-refractivity contribution is -0.112. The van der Waals surface area contributed by atoms with Crippen LogP contribution >= 0.6 is 25.3 Å². The molecule has 0 aliphatic carbocycles. The minimum atomic E-state index is -0.584. The maximum absolute atomic E-state index is 10.5. The molecule has 212 valence electrons. The van der Waals surface area contributed by atoms with E-state index in [0.717, 1.165) is 25.7 Å². The molecule has 2 N–H and O–H groups in total. The minimum absolute atomic E-state index is 0.246. The first kappa shape index (κ1) is 35.6. The van der Waals surface area contributed by atoms with E-state index in [4.69, 9.17) is 4.74 Å². The summed E-state index contributed by atoms with van der Waals surface area (Å²) >= 11 is 8.63. The van der Waals surface area contributed by atoms with Crippen LogP contribution in [0.1, 0.15) is 155 Å². The van der Waals surface area contributed by atoms with E-state index in [1.807, 2.05) is 0 Å². The first-order chi connectivity index (χ1) is 17.1. The van der Waals surface area contributed by atoms with Gasteiger partial charge in [0.15, 0.2) is 0 Å². The van der Waals surface area contributed by atoms with Crippen LogP contribution in [0.2, 0.25) is 0 Å². The molecule has 0 amide bonds. The van der Waals surface area contributed by atoms with Gasteiger partial charge in [-0.05, 0) is 12.8 Å². The molecule has 0 rings (SSSR count). The summed E-state index contributed by atoms with van der Waals surface area (Å²) in [6, 6.07) is 0.